The van der Waals surface area contributed by atoms with E-state index in [0.717, 1.165) is 25.9 Å². The minimum atomic E-state index is -0.470. The van der Waals surface area contributed by atoms with E-state index in [-0.39, 0.29) is 11.8 Å². The second kappa shape index (κ2) is 8.67. The fraction of sp³-hybridized carbons (Fsp3) is 0.556. The van der Waals surface area contributed by atoms with E-state index >= 15 is 0 Å². The van der Waals surface area contributed by atoms with E-state index in [0.29, 0.717) is 17.7 Å². The quantitative estimate of drug-likeness (QED) is 0.772. The number of amides is 2. The number of benzene rings is 1. The molecule has 0 saturated heterocycles. The largest absolute Gasteiger partial charge is 0.350 e. The van der Waals surface area contributed by atoms with Gasteiger partial charge in [0.1, 0.15) is 0 Å². The maximum atomic E-state index is 12.6. The number of hydrogen-bond acceptors (Lipinski definition) is 3. The number of nitrogens with two attached hydrogens (primary N) is 1. The van der Waals surface area contributed by atoms with Crippen LogP contribution in [0.2, 0.25) is 0 Å². The van der Waals surface area contributed by atoms with E-state index in [4.69, 9.17) is 5.73 Å². The van der Waals surface area contributed by atoms with Crippen molar-refractivity contribution in [3.05, 3.63) is 35.4 Å². The lowest BCUT2D eigenvalue weighted by Crippen LogP contribution is -2.45. The molecule has 0 aliphatic rings. The maximum Gasteiger partial charge on any atom is 0.253 e. The van der Waals surface area contributed by atoms with E-state index in [2.05, 4.69) is 5.32 Å². The molecule has 0 aliphatic heterocycles. The van der Waals surface area contributed by atoms with Crippen LogP contribution in [0.5, 0.6) is 0 Å². The Morgan fingerprint density at radius 2 is 1.70 bits per heavy atom. The molecule has 0 spiro atoms. The minimum Gasteiger partial charge on any atom is -0.350 e. The Bertz CT molecular complexity index is 529. The molecular weight excluding hydrogens is 290 g/mol. The van der Waals surface area contributed by atoms with Gasteiger partial charge in [-0.25, -0.2) is 0 Å². The first-order chi connectivity index (χ1) is 10.8. The summed E-state index contributed by atoms with van der Waals surface area (Å²) in [5.74, 6) is -0.238. The maximum absolute atomic E-state index is 12.6. The van der Waals surface area contributed by atoms with E-state index in [1.807, 2.05) is 32.6 Å². The van der Waals surface area contributed by atoms with Crippen LogP contribution in [0.25, 0.3) is 0 Å². The monoisotopic (exact) mass is 319 g/mol. The molecule has 0 aliphatic carbocycles. The Balaban J connectivity index is 2.86. The van der Waals surface area contributed by atoms with E-state index in [1.54, 1.807) is 24.3 Å². The third-order valence-corrected chi connectivity index (χ3v) is 3.35. The topological polar surface area (TPSA) is 75.4 Å². The van der Waals surface area contributed by atoms with Crippen LogP contribution in [-0.2, 0) is 0 Å². The molecule has 0 bridgehead atoms. The first kappa shape index (κ1) is 19.2. The fourth-order valence-corrected chi connectivity index (χ4v) is 2.24. The first-order valence-corrected chi connectivity index (χ1v) is 8.25. The summed E-state index contributed by atoms with van der Waals surface area (Å²) in [7, 11) is 0. The normalized spacial score (nSPS) is 11.2. The molecule has 1 aromatic rings. The SMILES string of the molecule is CCCN(CCC)C(=O)c1cccc(C(=O)NCC(C)(C)N)c1. The molecule has 0 unspecified atom stereocenters. The molecule has 0 heterocycles. The van der Waals surface area contributed by atoms with Crippen LogP contribution in [-0.4, -0.2) is 41.9 Å². The third-order valence-electron chi connectivity index (χ3n) is 3.35. The molecule has 0 fully saturated rings. The van der Waals surface area contributed by atoms with Crippen LogP contribution in [0.1, 0.15) is 61.3 Å². The molecule has 1 aromatic carbocycles. The van der Waals surface area contributed by atoms with E-state index in [1.165, 1.54) is 0 Å². The Morgan fingerprint density at radius 3 is 2.22 bits per heavy atom. The predicted molar refractivity (Wildman–Crippen MR) is 93.5 cm³/mol. The molecule has 23 heavy (non-hydrogen) atoms. The van der Waals surface area contributed by atoms with Gasteiger partial charge in [0.15, 0.2) is 0 Å². The standard InChI is InChI=1S/C18H29N3O2/c1-5-10-21(11-6-2)17(23)15-9-7-8-14(12-15)16(22)20-13-18(3,4)19/h7-9,12H,5-6,10-11,13,19H2,1-4H3,(H,20,22). The smallest absolute Gasteiger partial charge is 0.253 e. The summed E-state index contributed by atoms with van der Waals surface area (Å²) in [6.45, 7) is 9.63. The highest BCUT2D eigenvalue weighted by atomic mass is 16.2. The van der Waals surface area contributed by atoms with Crippen LogP contribution in [0.4, 0.5) is 0 Å². The van der Waals surface area contributed by atoms with Gasteiger partial charge in [-0.2, -0.15) is 0 Å². The average molecular weight is 319 g/mol. The van der Waals surface area contributed by atoms with Crippen molar-refractivity contribution in [1.82, 2.24) is 10.2 Å². The van der Waals surface area contributed by atoms with Gasteiger partial charge in [-0.15, -0.1) is 0 Å². The van der Waals surface area contributed by atoms with Crippen molar-refractivity contribution in [1.29, 1.82) is 0 Å². The third kappa shape index (κ3) is 6.40. The number of carbonyl (C=O) groups is 2. The molecule has 0 aromatic heterocycles. The van der Waals surface area contributed by atoms with Gasteiger partial charge >= 0.3 is 0 Å². The summed E-state index contributed by atoms with van der Waals surface area (Å²) in [6.07, 6.45) is 1.83. The first-order valence-electron chi connectivity index (χ1n) is 8.25. The summed E-state index contributed by atoms with van der Waals surface area (Å²) in [5, 5.41) is 2.80. The molecule has 0 radical (unpaired) electrons. The Labute approximate surface area is 139 Å². The highest BCUT2D eigenvalue weighted by molar-refractivity contribution is 5.99. The summed E-state index contributed by atoms with van der Waals surface area (Å²) in [5.41, 5.74) is 6.43. The van der Waals surface area contributed by atoms with Crippen molar-refractivity contribution in [2.45, 2.75) is 46.1 Å². The van der Waals surface area contributed by atoms with Gasteiger partial charge in [0.05, 0.1) is 0 Å². The summed E-state index contributed by atoms with van der Waals surface area (Å²) < 4.78 is 0. The second-order valence-electron chi connectivity index (χ2n) is 6.54. The number of rotatable bonds is 8. The number of nitrogens with zero attached hydrogens (tertiary/aromatic N) is 1. The van der Waals surface area contributed by atoms with E-state index < -0.39 is 5.54 Å². The van der Waals surface area contributed by atoms with Crippen molar-refractivity contribution < 1.29 is 9.59 Å². The highest BCUT2D eigenvalue weighted by Gasteiger charge is 2.17. The van der Waals surface area contributed by atoms with Crippen LogP contribution in [0.15, 0.2) is 24.3 Å². The zero-order valence-electron chi connectivity index (χ0n) is 14.7. The Hall–Kier alpha value is -1.88. The number of hydrogen-bond donors (Lipinski definition) is 2. The molecule has 1 rings (SSSR count). The summed E-state index contributed by atoms with van der Waals surface area (Å²) in [6, 6.07) is 6.86. The molecular formula is C18H29N3O2. The highest BCUT2D eigenvalue weighted by Crippen LogP contribution is 2.10. The van der Waals surface area contributed by atoms with Crippen LogP contribution >= 0.6 is 0 Å². The number of nitrogens with one attached hydrogen (secondary N) is 1. The van der Waals surface area contributed by atoms with Gasteiger partial charge in [-0.05, 0) is 44.9 Å². The average Bonchev–Trinajstić information content (AvgIpc) is 2.51. The van der Waals surface area contributed by atoms with Gasteiger partial charge in [0.25, 0.3) is 11.8 Å². The molecule has 0 atom stereocenters. The molecule has 128 valence electrons. The molecule has 0 saturated carbocycles. The van der Waals surface area contributed by atoms with Gasteiger partial charge in [-0.1, -0.05) is 19.9 Å². The zero-order valence-corrected chi connectivity index (χ0v) is 14.7. The second-order valence-corrected chi connectivity index (χ2v) is 6.54. The molecule has 3 N–H and O–H groups in total. The summed E-state index contributed by atoms with van der Waals surface area (Å²) >= 11 is 0. The van der Waals surface area contributed by atoms with Crippen molar-refractivity contribution in [3.8, 4) is 0 Å². The Morgan fingerprint density at radius 1 is 1.13 bits per heavy atom. The van der Waals surface area contributed by atoms with Crippen molar-refractivity contribution >= 4 is 11.8 Å². The Kier molecular flexibility index (Phi) is 7.23. The fourth-order valence-electron chi connectivity index (χ4n) is 2.24. The lowest BCUT2D eigenvalue weighted by Gasteiger charge is -2.22. The number of carbonyl (C=O) groups excluding carboxylic acids is 2. The van der Waals surface area contributed by atoms with Gasteiger partial charge in [0, 0.05) is 36.3 Å². The van der Waals surface area contributed by atoms with Crippen molar-refractivity contribution in [2.24, 2.45) is 5.73 Å². The van der Waals surface area contributed by atoms with Crippen molar-refractivity contribution in [2.75, 3.05) is 19.6 Å². The predicted octanol–water partition coefficient (Wildman–Crippen LogP) is 2.42. The lowest BCUT2D eigenvalue weighted by atomic mass is 10.1. The molecule has 5 nitrogen and oxygen atoms in total. The van der Waals surface area contributed by atoms with Gasteiger partial charge in [0.2, 0.25) is 0 Å². The lowest BCUT2D eigenvalue weighted by molar-refractivity contribution is 0.0755. The van der Waals surface area contributed by atoms with Crippen LogP contribution in [0.3, 0.4) is 0 Å². The van der Waals surface area contributed by atoms with Crippen molar-refractivity contribution in [3.63, 3.8) is 0 Å². The summed E-state index contributed by atoms with van der Waals surface area (Å²) in [4.78, 5) is 26.6. The minimum absolute atomic E-state index is 0.0255. The zero-order chi connectivity index (χ0) is 17.5. The van der Waals surface area contributed by atoms with Gasteiger partial charge in [-0.3, -0.25) is 9.59 Å². The van der Waals surface area contributed by atoms with E-state index in [9.17, 15) is 9.59 Å². The van der Waals surface area contributed by atoms with Crippen LogP contribution in [0, 0.1) is 0 Å². The molecule has 2 amide bonds. The van der Waals surface area contributed by atoms with Crippen LogP contribution < -0.4 is 11.1 Å². The molecule has 5 heteroatoms. The van der Waals surface area contributed by atoms with Gasteiger partial charge < -0.3 is 16.0 Å².